The fourth-order valence-corrected chi connectivity index (χ4v) is 5.00. The molecule has 1 aromatic heterocycles. The van der Waals surface area contributed by atoms with Crippen LogP contribution in [0.4, 0.5) is 5.13 Å². The number of carboxylic acids is 1. The number of anilines is 1. The molecule has 1 aromatic rings. The maximum Gasteiger partial charge on any atom is 0.365 e. The molecule has 2 atom stereocenters. The number of hydrogen-bond donors (Lipinski definition) is 3. The van der Waals surface area contributed by atoms with Crippen molar-refractivity contribution < 1.29 is 51.2 Å². The molecule has 0 radical (unpaired) electrons. The van der Waals surface area contributed by atoms with E-state index in [4.69, 9.17) is 24.2 Å². The average Bonchev–Trinajstić information content (AvgIpc) is 3.24. The summed E-state index contributed by atoms with van der Waals surface area (Å²) >= 11 is 0.974. The molecular weight excluding hydrogens is 562 g/mol. The van der Waals surface area contributed by atoms with Gasteiger partial charge in [-0.25, -0.2) is 14.1 Å². The number of esters is 1. The number of nitrogens with two attached hydrogens (primary N) is 1. The van der Waals surface area contributed by atoms with E-state index in [0.717, 1.165) is 11.3 Å². The average molecular weight is 592 g/mol. The molecule has 0 unspecified atom stereocenters. The Morgan fingerprint density at radius 1 is 1.31 bits per heavy atom. The summed E-state index contributed by atoms with van der Waals surface area (Å²) in [4.78, 5) is 58.3. The molecule has 2 saturated heterocycles. The Morgan fingerprint density at radius 2 is 1.95 bits per heavy atom. The number of aromatic nitrogens is 1. The molecule has 18 heteroatoms. The van der Waals surface area contributed by atoms with Crippen LogP contribution in [0, 0.1) is 5.41 Å². The molecule has 2 aliphatic heterocycles. The Kier molecular flexibility index (Phi) is 8.54. The molecule has 0 spiro atoms. The number of thiazole rings is 1. The number of ether oxygens (including phenoxy) is 2. The lowest BCUT2D eigenvalue weighted by Crippen LogP contribution is -2.71. The SMILES string of the molecule is C[C@H]1[C@H](NC(=O)C(=NOC(C)(C)C(=O)O)c2csc(N)n2)C(=O)N1S(=O)(=O)OCC(C)(C)C(=O)OC1COC1. The Labute approximate surface area is 227 Å². The van der Waals surface area contributed by atoms with E-state index in [0.29, 0.717) is 4.31 Å². The third-order valence-electron chi connectivity index (χ3n) is 5.73. The quantitative estimate of drug-likeness (QED) is 0.118. The fourth-order valence-electron chi connectivity index (χ4n) is 3.03. The van der Waals surface area contributed by atoms with Gasteiger partial charge in [0, 0.05) is 5.38 Å². The number of nitrogens with zero attached hydrogens (tertiary/aromatic N) is 3. The minimum Gasteiger partial charge on any atom is -0.478 e. The number of rotatable bonds is 12. The third-order valence-corrected chi connectivity index (χ3v) is 7.81. The van der Waals surface area contributed by atoms with E-state index in [1.54, 1.807) is 0 Å². The van der Waals surface area contributed by atoms with Gasteiger partial charge in [0.25, 0.3) is 11.8 Å². The molecule has 2 amide bonds. The van der Waals surface area contributed by atoms with Gasteiger partial charge in [-0.2, -0.15) is 8.42 Å². The number of nitrogens with one attached hydrogen (secondary N) is 1. The topological polar surface area (TPSA) is 226 Å². The highest BCUT2D eigenvalue weighted by atomic mass is 32.2. The van der Waals surface area contributed by atoms with Gasteiger partial charge in [0.15, 0.2) is 10.8 Å². The molecule has 0 saturated carbocycles. The Hall–Kier alpha value is -3.35. The van der Waals surface area contributed by atoms with E-state index in [1.807, 2.05) is 0 Å². The van der Waals surface area contributed by atoms with Gasteiger partial charge in [0.05, 0.1) is 31.3 Å². The molecule has 39 heavy (non-hydrogen) atoms. The van der Waals surface area contributed by atoms with Gasteiger partial charge < -0.3 is 30.5 Å². The van der Waals surface area contributed by atoms with E-state index in [9.17, 15) is 32.7 Å². The number of carboxylic acid groups (broad SMARTS) is 1. The monoisotopic (exact) mass is 591 g/mol. The first-order chi connectivity index (χ1) is 18.0. The van der Waals surface area contributed by atoms with Gasteiger partial charge in [-0.3, -0.25) is 18.6 Å². The largest absolute Gasteiger partial charge is 0.478 e. The normalized spacial score (nSPS) is 20.6. The lowest BCUT2D eigenvalue weighted by Gasteiger charge is -2.43. The molecule has 3 rings (SSSR count). The molecule has 3 heterocycles. The number of aliphatic carboxylic acids is 1. The zero-order chi connectivity index (χ0) is 29.3. The predicted octanol–water partition coefficient (Wildman–Crippen LogP) is -0.746. The summed E-state index contributed by atoms with van der Waals surface area (Å²) in [5.41, 5.74) is 1.93. The number of carbonyl (C=O) groups is 4. The smallest absolute Gasteiger partial charge is 0.365 e. The summed E-state index contributed by atoms with van der Waals surface area (Å²) in [6.07, 6.45) is -0.413. The van der Waals surface area contributed by atoms with Crippen LogP contribution >= 0.6 is 11.3 Å². The van der Waals surface area contributed by atoms with Crippen molar-refractivity contribution in [1.82, 2.24) is 14.6 Å². The van der Waals surface area contributed by atoms with E-state index < -0.39 is 75.6 Å². The maximum atomic E-state index is 13.0. The zero-order valence-electron chi connectivity index (χ0n) is 21.7. The first-order valence-corrected chi connectivity index (χ1v) is 13.7. The highest BCUT2D eigenvalue weighted by molar-refractivity contribution is 7.85. The lowest BCUT2D eigenvalue weighted by atomic mass is 9.95. The summed E-state index contributed by atoms with van der Waals surface area (Å²) in [6, 6.07) is -2.38. The molecule has 4 N–H and O–H groups in total. The second kappa shape index (κ2) is 11.0. The Bertz CT molecular complexity index is 1290. The zero-order valence-corrected chi connectivity index (χ0v) is 23.3. The number of amides is 2. The Balaban J connectivity index is 1.67. The maximum absolute atomic E-state index is 13.0. The summed E-state index contributed by atoms with van der Waals surface area (Å²) in [5.74, 6) is -4.05. The van der Waals surface area contributed by atoms with Crippen molar-refractivity contribution in [3.63, 3.8) is 0 Å². The van der Waals surface area contributed by atoms with Crippen molar-refractivity contribution in [1.29, 1.82) is 0 Å². The molecule has 216 valence electrons. The first-order valence-electron chi connectivity index (χ1n) is 11.5. The second-order valence-corrected chi connectivity index (χ2v) is 12.3. The number of β-lactam (4-membered cyclic amide) rings is 1. The molecule has 0 aromatic carbocycles. The van der Waals surface area contributed by atoms with Crippen LogP contribution in [0.5, 0.6) is 0 Å². The van der Waals surface area contributed by atoms with E-state index in [1.165, 1.54) is 40.0 Å². The van der Waals surface area contributed by atoms with Crippen molar-refractivity contribution in [3.05, 3.63) is 11.1 Å². The van der Waals surface area contributed by atoms with Gasteiger partial charge in [-0.15, -0.1) is 11.3 Å². The Morgan fingerprint density at radius 3 is 2.44 bits per heavy atom. The van der Waals surface area contributed by atoms with Crippen molar-refractivity contribution in [2.75, 3.05) is 25.6 Å². The van der Waals surface area contributed by atoms with E-state index >= 15 is 0 Å². The summed E-state index contributed by atoms with van der Waals surface area (Å²) in [7, 11) is -4.63. The molecule has 2 fully saturated rings. The van der Waals surface area contributed by atoms with Gasteiger partial charge in [0.1, 0.15) is 17.8 Å². The highest BCUT2D eigenvalue weighted by Gasteiger charge is 2.53. The lowest BCUT2D eigenvalue weighted by molar-refractivity contribution is -0.183. The minimum absolute atomic E-state index is 0.0500. The first kappa shape index (κ1) is 30.2. The van der Waals surface area contributed by atoms with Crippen LogP contribution in [0.15, 0.2) is 10.5 Å². The number of hydrogen-bond acceptors (Lipinski definition) is 14. The molecule has 0 aliphatic carbocycles. The summed E-state index contributed by atoms with van der Waals surface area (Å²) < 4.78 is 41.0. The van der Waals surface area contributed by atoms with E-state index in [2.05, 4.69) is 15.5 Å². The highest BCUT2D eigenvalue weighted by Crippen LogP contribution is 2.28. The van der Waals surface area contributed by atoms with Crippen LogP contribution in [0.2, 0.25) is 0 Å². The molecule has 16 nitrogen and oxygen atoms in total. The van der Waals surface area contributed by atoms with Crippen molar-refractivity contribution >= 4 is 56.2 Å². The van der Waals surface area contributed by atoms with Crippen LogP contribution in [-0.4, -0.2) is 95.9 Å². The van der Waals surface area contributed by atoms with Gasteiger partial charge in [-0.05, 0) is 34.6 Å². The van der Waals surface area contributed by atoms with Crippen molar-refractivity contribution in [2.45, 2.75) is 58.4 Å². The summed E-state index contributed by atoms with van der Waals surface area (Å²) in [5, 5.41) is 16.7. The van der Waals surface area contributed by atoms with Crippen LogP contribution in [-0.2, 0) is 48.0 Å². The van der Waals surface area contributed by atoms with Gasteiger partial charge in [-0.1, -0.05) is 5.16 Å². The van der Waals surface area contributed by atoms with Crippen LogP contribution in [0.3, 0.4) is 0 Å². The van der Waals surface area contributed by atoms with Crippen molar-refractivity contribution in [3.8, 4) is 0 Å². The van der Waals surface area contributed by atoms with E-state index in [-0.39, 0.29) is 24.0 Å². The van der Waals surface area contributed by atoms with Crippen LogP contribution in [0.25, 0.3) is 0 Å². The van der Waals surface area contributed by atoms with Gasteiger partial charge in [0.2, 0.25) is 5.60 Å². The number of carbonyl (C=O) groups excluding carboxylic acids is 3. The molecule has 2 aliphatic rings. The van der Waals surface area contributed by atoms with Crippen LogP contribution < -0.4 is 11.1 Å². The minimum atomic E-state index is -4.63. The molecular formula is C21H29N5O11S2. The standard InChI is InChI=1S/C21H29N5O11S2/c1-10-13(24-15(27)14(12-8-38-19(22)23-12)25-37-21(4,5)17(29)30)16(28)26(10)39(32,33)35-9-20(2,3)18(31)36-11-6-34-7-11/h8,10-11,13H,6-7,9H2,1-5H3,(H2,22,23)(H,24,27)(H,29,30)/t10-,13-/m0/s1. The predicted molar refractivity (Wildman–Crippen MR) is 133 cm³/mol. The second-order valence-electron chi connectivity index (χ2n) is 9.91. The van der Waals surface area contributed by atoms with Gasteiger partial charge >= 0.3 is 22.2 Å². The summed E-state index contributed by atoms with van der Waals surface area (Å²) in [6.45, 7) is 6.50. The number of oxime groups is 1. The van der Waals surface area contributed by atoms with Crippen molar-refractivity contribution in [2.24, 2.45) is 10.6 Å². The molecule has 0 bridgehead atoms. The number of nitrogen functional groups attached to an aromatic ring is 1. The third kappa shape index (κ3) is 6.63. The van der Waals surface area contributed by atoms with Crippen LogP contribution in [0.1, 0.15) is 40.3 Å². The fraction of sp³-hybridized carbons (Fsp3) is 0.619.